The average Bonchev–Trinajstić information content (AvgIpc) is 2.45. The molecule has 6 heteroatoms. The molecule has 1 aromatic rings. The zero-order chi connectivity index (χ0) is 15.3. The van der Waals surface area contributed by atoms with Crippen molar-refractivity contribution in [3.8, 4) is 5.75 Å². The van der Waals surface area contributed by atoms with Gasteiger partial charge in [0.15, 0.2) is 9.84 Å². The molecule has 5 nitrogen and oxygen atoms in total. The molecular formula is C15H21NO4S. The van der Waals surface area contributed by atoms with Crippen molar-refractivity contribution in [1.82, 2.24) is 5.32 Å². The van der Waals surface area contributed by atoms with Crippen molar-refractivity contribution in [2.45, 2.75) is 38.0 Å². The molecule has 1 aromatic carbocycles. The van der Waals surface area contributed by atoms with Gasteiger partial charge in [0.25, 0.3) is 0 Å². The van der Waals surface area contributed by atoms with E-state index in [0.717, 1.165) is 17.7 Å². The fourth-order valence-electron chi connectivity index (χ4n) is 2.46. The van der Waals surface area contributed by atoms with E-state index in [2.05, 4.69) is 5.32 Å². The van der Waals surface area contributed by atoms with E-state index >= 15 is 0 Å². The summed E-state index contributed by atoms with van der Waals surface area (Å²) in [6.07, 6.45) is 1.87. The van der Waals surface area contributed by atoms with Gasteiger partial charge in [0.05, 0.1) is 12.4 Å². The van der Waals surface area contributed by atoms with Crippen LogP contribution in [0.5, 0.6) is 5.75 Å². The maximum Gasteiger partial charge on any atom is 0.238 e. The van der Waals surface area contributed by atoms with Crippen LogP contribution in [0.4, 0.5) is 0 Å². The van der Waals surface area contributed by atoms with Gasteiger partial charge in [-0.1, -0.05) is 18.6 Å². The number of carbonyl (C=O) groups excluding carboxylic acids is 1. The van der Waals surface area contributed by atoms with E-state index in [1.54, 1.807) is 0 Å². The van der Waals surface area contributed by atoms with Crippen LogP contribution in [-0.4, -0.2) is 31.9 Å². The van der Waals surface area contributed by atoms with Gasteiger partial charge in [-0.2, -0.15) is 0 Å². The minimum absolute atomic E-state index is 0.116. The van der Waals surface area contributed by atoms with Crippen LogP contribution in [0, 0.1) is 0 Å². The van der Waals surface area contributed by atoms with Crippen molar-refractivity contribution in [3.05, 3.63) is 29.8 Å². The Labute approximate surface area is 125 Å². The summed E-state index contributed by atoms with van der Waals surface area (Å²) in [5.41, 5.74) is 0.891. The molecule has 1 heterocycles. The molecule has 1 fully saturated rings. The summed E-state index contributed by atoms with van der Waals surface area (Å²) in [6.45, 7) is 2.80. The monoisotopic (exact) mass is 311 g/mol. The highest BCUT2D eigenvalue weighted by atomic mass is 32.2. The van der Waals surface area contributed by atoms with E-state index in [9.17, 15) is 13.2 Å². The van der Waals surface area contributed by atoms with E-state index in [1.807, 2.05) is 31.2 Å². The number of carbonyl (C=O) groups is 1. The molecule has 0 spiro atoms. The second-order valence-electron chi connectivity index (χ2n) is 5.15. The van der Waals surface area contributed by atoms with Gasteiger partial charge < -0.3 is 10.1 Å². The van der Waals surface area contributed by atoms with Crippen molar-refractivity contribution >= 4 is 15.7 Å². The van der Waals surface area contributed by atoms with Gasteiger partial charge in [-0.25, -0.2) is 8.42 Å². The molecule has 21 heavy (non-hydrogen) atoms. The lowest BCUT2D eigenvalue weighted by Gasteiger charge is -2.21. The van der Waals surface area contributed by atoms with Gasteiger partial charge in [0.1, 0.15) is 11.0 Å². The van der Waals surface area contributed by atoms with Crippen molar-refractivity contribution < 1.29 is 17.9 Å². The Kier molecular flexibility index (Phi) is 5.22. The molecule has 0 aliphatic carbocycles. The Morgan fingerprint density at radius 3 is 2.90 bits per heavy atom. The molecular weight excluding hydrogens is 290 g/mol. The molecule has 0 aromatic heterocycles. The van der Waals surface area contributed by atoms with Crippen molar-refractivity contribution in [2.75, 3.05) is 12.4 Å². The first kappa shape index (κ1) is 15.8. The Bertz CT molecular complexity index is 597. The van der Waals surface area contributed by atoms with Crippen LogP contribution < -0.4 is 10.1 Å². The molecule has 1 N–H and O–H groups in total. The summed E-state index contributed by atoms with van der Waals surface area (Å²) in [5.74, 6) is 0.469. The predicted molar refractivity (Wildman–Crippen MR) is 80.9 cm³/mol. The average molecular weight is 311 g/mol. The van der Waals surface area contributed by atoms with Crippen LogP contribution in [0.2, 0.25) is 0 Å². The summed E-state index contributed by atoms with van der Waals surface area (Å²) in [4.78, 5) is 12.1. The molecule has 1 aliphatic heterocycles. The molecule has 116 valence electrons. The Balaban J connectivity index is 1.96. The summed E-state index contributed by atoms with van der Waals surface area (Å²) < 4.78 is 29.2. The summed E-state index contributed by atoms with van der Waals surface area (Å²) >= 11 is 0. The number of sulfone groups is 1. The largest absolute Gasteiger partial charge is 0.494 e. The molecule has 1 amide bonds. The molecule has 1 aliphatic rings. The minimum Gasteiger partial charge on any atom is -0.494 e. The van der Waals surface area contributed by atoms with Gasteiger partial charge >= 0.3 is 0 Å². The number of benzene rings is 1. The third-order valence-corrected chi connectivity index (χ3v) is 5.72. The number of hydrogen-bond donors (Lipinski definition) is 1. The Morgan fingerprint density at radius 1 is 1.38 bits per heavy atom. The number of nitrogens with one attached hydrogen (secondary N) is 1. The lowest BCUT2D eigenvalue weighted by atomic mass is 10.1. The van der Waals surface area contributed by atoms with Crippen molar-refractivity contribution in [1.29, 1.82) is 0 Å². The predicted octanol–water partition coefficient (Wildman–Crippen LogP) is 1.67. The van der Waals surface area contributed by atoms with E-state index < -0.39 is 21.0 Å². The van der Waals surface area contributed by atoms with E-state index in [0.29, 0.717) is 26.0 Å². The van der Waals surface area contributed by atoms with Gasteiger partial charge in [-0.05, 0) is 37.5 Å². The van der Waals surface area contributed by atoms with Crippen LogP contribution in [0.15, 0.2) is 24.3 Å². The second kappa shape index (κ2) is 6.93. The van der Waals surface area contributed by atoms with Gasteiger partial charge in [-0.15, -0.1) is 0 Å². The highest BCUT2D eigenvalue weighted by Crippen LogP contribution is 2.20. The normalized spacial score (nSPS) is 20.7. The van der Waals surface area contributed by atoms with E-state index in [4.69, 9.17) is 4.74 Å². The standard InChI is InChI=1S/C15H21NO4S/c1-2-20-13-7-5-6-12(10-13)11-16-15(17)14-8-3-4-9-21(14,18)19/h5-7,10,14H,2-4,8-9,11H2,1H3,(H,16,17)/t14-/m0/s1. The van der Waals surface area contributed by atoms with E-state index in [1.165, 1.54) is 0 Å². The smallest absolute Gasteiger partial charge is 0.238 e. The zero-order valence-corrected chi connectivity index (χ0v) is 13.0. The van der Waals surface area contributed by atoms with E-state index in [-0.39, 0.29) is 5.75 Å². The fourth-order valence-corrected chi connectivity index (χ4v) is 4.29. The van der Waals surface area contributed by atoms with Gasteiger partial charge in [0, 0.05) is 6.54 Å². The Morgan fingerprint density at radius 2 is 2.19 bits per heavy atom. The topological polar surface area (TPSA) is 72.5 Å². The lowest BCUT2D eigenvalue weighted by Crippen LogP contribution is -2.42. The first-order valence-electron chi connectivity index (χ1n) is 7.24. The third-order valence-electron chi connectivity index (χ3n) is 3.55. The molecule has 2 rings (SSSR count). The van der Waals surface area contributed by atoms with Crippen LogP contribution in [0.1, 0.15) is 31.7 Å². The van der Waals surface area contributed by atoms with Gasteiger partial charge in [-0.3, -0.25) is 4.79 Å². The molecule has 0 saturated carbocycles. The molecule has 0 unspecified atom stereocenters. The summed E-state index contributed by atoms with van der Waals surface area (Å²) in [6, 6.07) is 7.42. The first-order chi connectivity index (χ1) is 10.0. The number of amides is 1. The third kappa shape index (κ3) is 4.20. The quantitative estimate of drug-likeness (QED) is 0.898. The number of rotatable bonds is 5. The highest BCUT2D eigenvalue weighted by Gasteiger charge is 2.34. The number of hydrogen-bond acceptors (Lipinski definition) is 4. The van der Waals surface area contributed by atoms with Crippen LogP contribution in [0.3, 0.4) is 0 Å². The minimum atomic E-state index is -3.28. The highest BCUT2D eigenvalue weighted by molar-refractivity contribution is 7.92. The molecule has 0 bridgehead atoms. The maximum absolute atomic E-state index is 12.1. The van der Waals surface area contributed by atoms with Crippen molar-refractivity contribution in [3.63, 3.8) is 0 Å². The van der Waals surface area contributed by atoms with Crippen LogP contribution in [0.25, 0.3) is 0 Å². The van der Waals surface area contributed by atoms with Crippen LogP contribution in [-0.2, 0) is 21.2 Å². The van der Waals surface area contributed by atoms with Gasteiger partial charge in [0.2, 0.25) is 5.91 Å². The Hall–Kier alpha value is -1.56. The van der Waals surface area contributed by atoms with Crippen molar-refractivity contribution in [2.24, 2.45) is 0 Å². The lowest BCUT2D eigenvalue weighted by molar-refractivity contribution is -0.121. The summed E-state index contributed by atoms with van der Waals surface area (Å²) in [7, 11) is -3.28. The summed E-state index contributed by atoms with van der Waals surface area (Å²) in [5, 5.41) is 1.83. The first-order valence-corrected chi connectivity index (χ1v) is 8.95. The fraction of sp³-hybridized carbons (Fsp3) is 0.533. The molecule has 0 radical (unpaired) electrons. The molecule has 1 atom stereocenters. The second-order valence-corrected chi connectivity index (χ2v) is 7.45. The zero-order valence-electron chi connectivity index (χ0n) is 12.2. The number of ether oxygens (including phenoxy) is 1. The van der Waals surface area contributed by atoms with Crippen LogP contribution >= 0.6 is 0 Å². The maximum atomic E-state index is 12.1. The SMILES string of the molecule is CCOc1cccc(CNC(=O)[C@@H]2CCCCS2(=O)=O)c1. The molecule has 1 saturated heterocycles.